The van der Waals surface area contributed by atoms with Crippen LogP contribution in [0.2, 0.25) is 0 Å². The molecule has 4 amide bonds. The summed E-state index contributed by atoms with van der Waals surface area (Å²) in [5, 5.41) is 0. The molecule has 1 unspecified atom stereocenters. The van der Waals surface area contributed by atoms with Crippen molar-refractivity contribution in [3.05, 3.63) is 60.7 Å². The number of fused-ring (bicyclic) bond motifs is 1. The van der Waals surface area contributed by atoms with E-state index >= 15 is 0 Å². The Kier molecular flexibility index (Phi) is 3.92. The molecular formula is C20H22N4O2. The van der Waals surface area contributed by atoms with Gasteiger partial charge in [0, 0.05) is 18.7 Å². The van der Waals surface area contributed by atoms with E-state index in [2.05, 4.69) is 0 Å². The summed E-state index contributed by atoms with van der Waals surface area (Å²) < 4.78 is 0. The maximum atomic E-state index is 13.6. The lowest BCUT2D eigenvalue weighted by molar-refractivity contribution is 0.0273. The van der Waals surface area contributed by atoms with E-state index in [-0.39, 0.29) is 12.1 Å². The first-order chi connectivity index (χ1) is 12.6. The summed E-state index contributed by atoms with van der Waals surface area (Å²) >= 11 is 0. The Morgan fingerprint density at radius 2 is 1.42 bits per heavy atom. The van der Waals surface area contributed by atoms with Gasteiger partial charge in [-0.3, -0.25) is 14.7 Å². The number of urea groups is 2. The summed E-state index contributed by atoms with van der Waals surface area (Å²) in [6.07, 6.45) is 1.57. The third kappa shape index (κ3) is 2.22. The fourth-order valence-corrected chi connectivity index (χ4v) is 4.08. The van der Waals surface area contributed by atoms with Gasteiger partial charge in [0.2, 0.25) is 0 Å². The number of para-hydroxylation sites is 2. The number of nitrogens with zero attached hydrogens (tertiary/aromatic N) is 4. The van der Waals surface area contributed by atoms with Crippen LogP contribution in [0.15, 0.2) is 60.7 Å². The van der Waals surface area contributed by atoms with E-state index < -0.39 is 5.79 Å². The SMILES string of the molecule is CN(C)C12CCCN1C(=O)N(c1ccccc1)C(=O)N2c1ccccc1. The second kappa shape index (κ2) is 6.14. The average Bonchev–Trinajstić information content (AvgIpc) is 3.10. The van der Waals surface area contributed by atoms with E-state index in [4.69, 9.17) is 0 Å². The Hall–Kier alpha value is -2.86. The molecule has 6 heteroatoms. The van der Waals surface area contributed by atoms with Crippen molar-refractivity contribution in [3.63, 3.8) is 0 Å². The zero-order valence-corrected chi connectivity index (χ0v) is 15.0. The van der Waals surface area contributed by atoms with E-state index in [1.807, 2.05) is 72.4 Å². The summed E-state index contributed by atoms with van der Waals surface area (Å²) in [5.74, 6) is -0.777. The van der Waals surface area contributed by atoms with Gasteiger partial charge in [-0.25, -0.2) is 14.5 Å². The molecule has 2 aliphatic heterocycles. The summed E-state index contributed by atoms with van der Waals surface area (Å²) in [4.78, 5) is 33.7. The van der Waals surface area contributed by atoms with Crippen LogP contribution in [-0.2, 0) is 0 Å². The first-order valence-electron chi connectivity index (χ1n) is 8.81. The third-order valence-electron chi connectivity index (χ3n) is 5.23. The molecule has 2 heterocycles. The van der Waals surface area contributed by atoms with E-state index in [1.165, 1.54) is 4.90 Å². The normalized spacial score (nSPS) is 23.0. The molecule has 0 bridgehead atoms. The van der Waals surface area contributed by atoms with E-state index in [9.17, 15) is 9.59 Å². The van der Waals surface area contributed by atoms with Gasteiger partial charge in [0.25, 0.3) is 0 Å². The summed E-state index contributed by atoms with van der Waals surface area (Å²) in [6.45, 7) is 0.622. The zero-order valence-electron chi connectivity index (χ0n) is 15.0. The molecule has 2 aliphatic rings. The van der Waals surface area contributed by atoms with Crippen LogP contribution >= 0.6 is 0 Å². The number of hydrogen-bond donors (Lipinski definition) is 0. The largest absolute Gasteiger partial charge is 0.340 e. The fourth-order valence-electron chi connectivity index (χ4n) is 4.08. The van der Waals surface area contributed by atoms with Crippen LogP contribution in [0.5, 0.6) is 0 Å². The number of hydrogen-bond acceptors (Lipinski definition) is 3. The predicted octanol–water partition coefficient (Wildman–Crippen LogP) is 3.56. The number of carbonyl (C=O) groups is 2. The van der Waals surface area contributed by atoms with Crippen molar-refractivity contribution < 1.29 is 9.59 Å². The molecule has 1 atom stereocenters. The number of amides is 4. The van der Waals surface area contributed by atoms with Crippen LogP contribution in [0.4, 0.5) is 21.0 Å². The highest BCUT2D eigenvalue weighted by molar-refractivity contribution is 6.21. The third-order valence-corrected chi connectivity index (χ3v) is 5.23. The van der Waals surface area contributed by atoms with Crippen LogP contribution in [0.3, 0.4) is 0 Å². The van der Waals surface area contributed by atoms with Crippen LogP contribution in [0, 0.1) is 0 Å². The number of imide groups is 1. The number of benzene rings is 2. The molecule has 2 aromatic rings. The number of carbonyl (C=O) groups excluding carboxylic acids is 2. The molecule has 4 rings (SSSR count). The second-order valence-corrected chi connectivity index (χ2v) is 6.83. The van der Waals surface area contributed by atoms with Crippen LogP contribution in [-0.4, -0.2) is 48.3 Å². The molecule has 0 radical (unpaired) electrons. The van der Waals surface area contributed by atoms with Crippen molar-refractivity contribution in [3.8, 4) is 0 Å². The Balaban J connectivity index is 1.90. The van der Waals surface area contributed by atoms with Crippen molar-refractivity contribution in [2.45, 2.75) is 18.6 Å². The first kappa shape index (κ1) is 16.6. The van der Waals surface area contributed by atoms with Gasteiger partial charge in [-0.15, -0.1) is 0 Å². The van der Waals surface area contributed by atoms with Gasteiger partial charge in [-0.1, -0.05) is 36.4 Å². The van der Waals surface area contributed by atoms with Crippen LogP contribution in [0.1, 0.15) is 12.8 Å². The van der Waals surface area contributed by atoms with Crippen LogP contribution in [0.25, 0.3) is 0 Å². The van der Waals surface area contributed by atoms with Crippen molar-refractivity contribution in [1.29, 1.82) is 0 Å². The lowest BCUT2D eigenvalue weighted by Gasteiger charge is -2.55. The maximum absolute atomic E-state index is 13.6. The van der Waals surface area contributed by atoms with Crippen molar-refractivity contribution >= 4 is 23.4 Å². The molecule has 0 aromatic heterocycles. The minimum absolute atomic E-state index is 0.264. The van der Waals surface area contributed by atoms with Gasteiger partial charge in [-0.05, 0) is 44.8 Å². The second-order valence-electron chi connectivity index (χ2n) is 6.83. The highest BCUT2D eigenvalue weighted by atomic mass is 16.2. The lowest BCUT2D eigenvalue weighted by Crippen LogP contribution is -2.76. The zero-order chi connectivity index (χ0) is 18.3. The van der Waals surface area contributed by atoms with E-state index in [1.54, 1.807) is 17.0 Å². The lowest BCUT2D eigenvalue weighted by atomic mass is 10.1. The van der Waals surface area contributed by atoms with Crippen LogP contribution < -0.4 is 9.80 Å². The molecule has 0 aliphatic carbocycles. The first-order valence-corrected chi connectivity index (χ1v) is 8.81. The molecular weight excluding hydrogens is 328 g/mol. The smallest absolute Gasteiger partial charge is 0.287 e. The molecule has 26 heavy (non-hydrogen) atoms. The standard InChI is InChI=1S/C20H22N4O2/c1-21(2)20-14-9-15-22(20)18(25)23(16-10-5-3-6-11-16)19(26)24(20)17-12-7-4-8-13-17/h3-8,10-13H,9,14-15H2,1-2H3. The Bertz CT molecular complexity index is 824. The van der Waals surface area contributed by atoms with Crippen molar-refractivity contribution in [2.24, 2.45) is 0 Å². The Labute approximate surface area is 153 Å². The van der Waals surface area contributed by atoms with Gasteiger partial charge in [-0.2, -0.15) is 0 Å². The quantitative estimate of drug-likeness (QED) is 0.850. The van der Waals surface area contributed by atoms with Gasteiger partial charge in [0.05, 0.1) is 5.69 Å². The minimum atomic E-state index is -0.777. The molecule has 2 saturated heterocycles. The molecule has 2 aromatic carbocycles. The topological polar surface area (TPSA) is 47.1 Å². The Morgan fingerprint density at radius 1 is 0.846 bits per heavy atom. The summed E-state index contributed by atoms with van der Waals surface area (Å²) in [6, 6.07) is 18.1. The molecule has 6 nitrogen and oxygen atoms in total. The molecule has 0 N–H and O–H groups in total. The van der Waals surface area contributed by atoms with Crippen molar-refractivity contribution in [1.82, 2.24) is 9.80 Å². The predicted molar refractivity (Wildman–Crippen MR) is 101 cm³/mol. The van der Waals surface area contributed by atoms with Gasteiger partial charge >= 0.3 is 12.1 Å². The molecule has 0 saturated carbocycles. The van der Waals surface area contributed by atoms with Gasteiger partial charge in [0.15, 0.2) is 5.79 Å². The fraction of sp³-hybridized carbons (Fsp3) is 0.300. The monoisotopic (exact) mass is 350 g/mol. The minimum Gasteiger partial charge on any atom is -0.287 e. The molecule has 0 spiro atoms. The molecule has 2 fully saturated rings. The van der Waals surface area contributed by atoms with E-state index in [0.29, 0.717) is 12.2 Å². The molecule has 134 valence electrons. The Morgan fingerprint density at radius 3 is 2.00 bits per heavy atom. The summed E-state index contributed by atoms with van der Waals surface area (Å²) in [7, 11) is 3.85. The van der Waals surface area contributed by atoms with Crippen molar-refractivity contribution in [2.75, 3.05) is 30.4 Å². The maximum Gasteiger partial charge on any atom is 0.340 e. The average molecular weight is 350 g/mol. The highest BCUT2D eigenvalue weighted by Gasteiger charge is 2.59. The number of anilines is 2. The number of rotatable bonds is 3. The highest BCUT2D eigenvalue weighted by Crippen LogP contribution is 2.43. The van der Waals surface area contributed by atoms with Gasteiger partial charge < -0.3 is 0 Å². The summed E-state index contributed by atoms with van der Waals surface area (Å²) in [5.41, 5.74) is 1.37. The van der Waals surface area contributed by atoms with Gasteiger partial charge in [0.1, 0.15) is 0 Å². The van der Waals surface area contributed by atoms with E-state index in [0.717, 1.165) is 18.5 Å².